The third-order valence-electron chi connectivity index (χ3n) is 2.62. The number of amides is 1. The van der Waals surface area contributed by atoms with Crippen LogP contribution < -0.4 is 11.1 Å². The third kappa shape index (κ3) is 4.62. The number of nitrogens with one attached hydrogen (secondary N) is 1. The molecule has 0 aromatic carbocycles. The van der Waals surface area contributed by atoms with Gasteiger partial charge in [-0.1, -0.05) is 41.7 Å². The second-order valence-corrected chi connectivity index (χ2v) is 5.36. The van der Waals surface area contributed by atoms with Crippen molar-refractivity contribution in [2.75, 3.05) is 12.3 Å². The Labute approximate surface area is 136 Å². The van der Waals surface area contributed by atoms with Crippen LogP contribution in [0.25, 0.3) is 0 Å². The van der Waals surface area contributed by atoms with E-state index >= 15 is 0 Å². The SMILES string of the molecule is CC[C@H](C)NC(=O)COC(=O)c1nc(Cl)c(Cl)c(N)c1Cl. The first kappa shape index (κ1) is 17.8. The van der Waals surface area contributed by atoms with Crippen LogP contribution in [0.15, 0.2) is 0 Å². The molecule has 3 N–H and O–H groups in total. The summed E-state index contributed by atoms with van der Waals surface area (Å²) in [5, 5.41) is 2.25. The first-order valence-corrected chi connectivity index (χ1v) is 7.17. The molecule has 6 nitrogen and oxygen atoms in total. The number of rotatable bonds is 5. The van der Waals surface area contributed by atoms with Crippen molar-refractivity contribution in [3.8, 4) is 0 Å². The number of pyridine rings is 1. The summed E-state index contributed by atoms with van der Waals surface area (Å²) in [7, 11) is 0. The fourth-order valence-corrected chi connectivity index (χ4v) is 1.87. The van der Waals surface area contributed by atoms with Crippen molar-refractivity contribution >= 4 is 52.4 Å². The molecule has 1 atom stereocenters. The Kier molecular flexibility index (Phi) is 6.51. The summed E-state index contributed by atoms with van der Waals surface area (Å²) in [5.41, 5.74) is 5.22. The Hall–Kier alpha value is -1.24. The summed E-state index contributed by atoms with van der Waals surface area (Å²) in [6.07, 6.45) is 0.760. The van der Waals surface area contributed by atoms with Crippen LogP contribution in [-0.4, -0.2) is 29.5 Å². The molecule has 0 radical (unpaired) electrons. The molecule has 21 heavy (non-hydrogen) atoms. The number of carbonyl (C=O) groups is 2. The molecule has 0 saturated heterocycles. The van der Waals surface area contributed by atoms with E-state index in [1.165, 1.54) is 0 Å². The number of hydrogen-bond donors (Lipinski definition) is 2. The zero-order chi connectivity index (χ0) is 16.2. The monoisotopic (exact) mass is 353 g/mol. The molecule has 0 spiro atoms. The van der Waals surface area contributed by atoms with E-state index in [0.29, 0.717) is 0 Å². The molecule has 0 aliphatic carbocycles. The van der Waals surface area contributed by atoms with Gasteiger partial charge in [-0.25, -0.2) is 9.78 Å². The lowest BCUT2D eigenvalue weighted by Crippen LogP contribution is -2.35. The molecule has 0 aliphatic rings. The average molecular weight is 355 g/mol. The molecule has 0 unspecified atom stereocenters. The summed E-state index contributed by atoms with van der Waals surface area (Å²) >= 11 is 17.3. The number of nitrogen functional groups attached to an aromatic ring is 1. The summed E-state index contributed by atoms with van der Waals surface area (Å²) in [6.45, 7) is 3.29. The van der Waals surface area contributed by atoms with E-state index in [-0.39, 0.29) is 32.6 Å². The van der Waals surface area contributed by atoms with E-state index in [1.54, 1.807) is 0 Å². The van der Waals surface area contributed by atoms with Crippen LogP contribution in [0.2, 0.25) is 15.2 Å². The predicted octanol–water partition coefficient (Wildman–Crippen LogP) is 2.70. The van der Waals surface area contributed by atoms with Crippen LogP contribution in [0.5, 0.6) is 0 Å². The van der Waals surface area contributed by atoms with Crippen LogP contribution in [-0.2, 0) is 9.53 Å². The highest BCUT2D eigenvalue weighted by Crippen LogP contribution is 2.34. The van der Waals surface area contributed by atoms with Gasteiger partial charge in [-0.15, -0.1) is 0 Å². The van der Waals surface area contributed by atoms with Crippen LogP contribution in [0, 0.1) is 0 Å². The minimum atomic E-state index is -0.912. The third-order valence-corrected chi connectivity index (χ3v) is 3.75. The Morgan fingerprint density at radius 3 is 2.52 bits per heavy atom. The van der Waals surface area contributed by atoms with Gasteiger partial charge in [-0.3, -0.25) is 4.79 Å². The van der Waals surface area contributed by atoms with E-state index in [0.717, 1.165) is 6.42 Å². The number of ether oxygens (including phenoxy) is 1. The lowest BCUT2D eigenvalue weighted by Gasteiger charge is -2.12. The van der Waals surface area contributed by atoms with Crippen molar-refractivity contribution in [3.63, 3.8) is 0 Å². The van der Waals surface area contributed by atoms with Gasteiger partial charge in [0.15, 0.2) is 17.5 Å². The minimum absolute atomic E-state index is 0.0152. The van der Waals surface area contributed by atoms with E-state index in [2.05, 4.69) is 10.3 Å². The van der Waals surface area contributed by atoms with Gasteiger partial charge in [-0.05, 0) is 13.3 Å². The van der Waals surface area contributed by atoms with Crippen LogP contribution >= 0.6 is 34.8 Å². The number of nitrogens with two attached hydrogens (primary N) is 1. The standard InChI is InChI=1S/C12H14Cl3N3O3/c1-3-5(2)17-6(19)4-21-12(20)10-7(13)9(16)8(14)11(15)18-10/h5H,3-4H2,1-2H3,(H2,16,18)(H,17,19)/t5-/m0/s1. The van der Waals surface area contributed by atoms with Crippen LogP contribution in [0.4, 0.5) is 5.69 Å². The molecular weight excluding hydrogens is 341 g/mol. The topological polar surface area (TPSA) is 94.3 Å². The lowest BCUT2D eigenvalue weighted by atomic mass is 10.2. The van der Waals surface area contributed by atoms with Crippen molar-refractivity contribution < 1.29 is 14.3 Å². The number of aromatic nitrogens is 1. The average Bonchev–Trinajstić information content (AvgIpc) is 2.46. The molecule has 1 aromatic heterocycles. The first-order chi connectivity index (χ1) is 9.77. The molecule has 1 aromatic rings. The van der Waals surface area contributed by atoms with Gasteiger partial charge in [0.1, 0.15) is 5.02 Å². The van der Waals surface area contributed by atoms with E-state index < -0.39 is 18.5 Å². The molecule has 0 saturated carbocycles. The molecule has 0 bridgehead atoms. The minimum Gasteiger partial charge on any atom is -0.451 e. The number of esters is 1. The summed E-state index contributed by atoms with van der Waals surface area (Å²) in [6, 6.07) is -0.0152. The smallest absolute Gasteiger partial charge is 0.359 e. The van der Waals surface area contributed by atoms with Crippen molar-refractivity contribution in [2.24, 2.45) is 0 Å². The fraction of sp³-hybridized carbons (Fsp3) is 0.417. The van der Waals surface area contributed by atoms with Gasteiger partial charge in [0.2, 0.25) is 0 Å². The molecule has 1 heterocycles. The predicted molar refractivity (Wildman–Crippen MR) is 81.9 cm³/mol. The van der Waals surface area contributed by atoms with Gasteiger partial charge in [-0.2, -0.15) is 0 Å². The molecule has 1 rings (SSSR count). The first-order valence-electron chi connectivity index (χ1n) is 6.04. The van der Waals surface area contributed by atoms with Gasteiger partial charge in [0.25, 0.3) is 5.91 Å². The number of nitrogens with zero attached hydrogens (tertiary/aromatic N) is 1. The largest absolute Gasteiger partial charge is 0.451 e. The van der Waals surface area contributed by atoms with Gasteiger partial charge < -0.3 is 15.8 Å². The Bertz CT molecular complexity index is 566. The Balaban J connectivity index is 2.75. The second kappa shape index (κ2) is 7.68. The van der Waals surface area contributed by atoms with Gasteiger partial charge in [0, 0.05) is 6.04 Å². The fourth-order valence-electron chi connectivity index (χ4n) is 1.28. The molecule has 1 amide bonds. The van der Waals surface area contributed by atoms with E-state index in [9.17, 15) is 9.59 Å². The molecule has 0 fully saturated rings. The molecule has 0 aliphatic heterocycles. The number of hydrogen-bond acceptors (Lipinski definition) is 5. The highest BCUT2D eigenvalue weighted by Gasteiger charge is 2.21. The van der Waals surface area contributed by atoms with E-state index in [4.69, 9.17) is 45.3 Å². The summed E-state index contributed by atoms with van der Waals surface area (Å²) in [4.78, 5) is 27.0. The van der Waals surface area contributed by atoms with Crippen molar-refractivity contribution in [1.82, 2.24) is 10.3 Å². The van der Waals surface area contributed by atoms with Gasteiger partial charge >= 0.3 is 5.97 Å². The maximum atomic E-state index is 11.8. The van der Waals surface area contributed by atoms with Crippen molar-refractivity contribution in [3.05, 3.63) is 20.9 Å². The normalized spacial score (nSPS) is 11.9. The number of anilines is 1. The van der Waals surface area contributed by atoms with Crippen molar-refractivity contribution in [2.45, 2.75) is 26.3 Å². The summed E-state index contributed by atoms with van der Waals surface area (Å²) in [5.74, 6) is -1.34. The highest BCUT2D eigenvalue weighted by molar-refractivity contribution is 6.46. The number of halogens is 3. The lowest BCUT2D eigenvalue weighted by molar-refractivity contribution is -0.124. The molecular formula is C12H14Cl3N3O3. The quantitative estimate of drug-likeness (QED) is 0.626. The van der Waals surface area contributed by atoms with Crippen molar-refractivity contribution in [1.29, 1.82) is 0 Å². The van der Waals surface area contributed by atoms with Crippen LogP contribution in [0.1, 0.15) is 30.8 Å². The van der Waals surface area contributed by atoms with Crippen LogP contribution in [0.3, 0.4) is 0 Å². The maximum absolute atomic E-state index is 11.8. The second-order valence-electron chi connectivity index (χ2n) is 4.25. The molecule has 9 heteroatoms. The maximum Gasteiger partial charge on any atom is 0.359 e. The Morgan fingerprint density at radius 1 is 1.33 bits per heavy atom. The van der Waals surface area contributed by atoms with E-state index in [1.807, 2.05) is 13.8 Å². The Morgan fingerprint density at radius 2 is 1.95 bits per heavy atom. The summed E-state index contributed by atoms with van der Waals surface area (Å²) < 4.78 is 4.81. The van der Waals surface area contributed by atoms with Gasteiger partial charge in [0.05, 0.1) is 10.7 Å². The highest BCUT2D eigenvalue weighted by atomic mass is 35.5. The number of carbonyl (C=O) groups excluding carboxylic acids is 2. The zero-order valence-electron chi connectivity index (χ0n) is 11.4. The zero-order valence-corrected chi connectivity index (χ0v) is 13.6. The molecule has 116 valence electrons.